The first-order valence-electron chi connectivity index (χ1n) is 8.99. The van der Waals surface area contributed by atoms with Gasteiger partial charge in [-0.1, -0.05) is 12.8 Å². The van der Waals surface area contributed by atoms with Crippen LogP contribution in [0.4, 0.5) is 0 Å². The van der Waals surface area contributed by atoms with E-state index in [9.17, 15) is 4.79 Å². The lowest BCUT2D eigenvalue weighted by atomic mass is 9.85. The minimum Gasteiger partial charge on any atom is -0.496 e. The molecule has 1 aromatic carbocycles. The van der Waals surface area contributed by atoms with Crippen LogP contribution in [0.2, 0.25) is 0 Å². The first kappa shape index (κ1) is 17.9. The van der Waals surface area contributed by atoms with E-state index in [0.717, 1.165) is 12.0 Å². The Hall–Kier alpha value is -1.95. The summed E-state index contributed by atoms with van der Waals surface area (Å²) in [6.45, 7) is 0.364. The molecule has 2 N–H and O–H groups in total. The fourth-order valence-electron chi connectivity index (χ4n) is 4.07. The summed E-state index contributed by atoms with van der Waals surface area (Å²) in [7, 11) is 4.80. The summed E-state index contributed by atoms with van der Waals surface area (Å²) in [5.74, 6) is 2.64. The zero-order valence-corrected chi connectivity index (χ0v) is 15.3. The minimum absolute atomic E-state index is 0.0503. The second-order valence-corrected chi connectivity index (χ2v) is 6.83. The highest BCUT2D eigenvalue weighted by atomic mass is 16.5. The zero-order valence-electron chi connectivity index (χ0n) is 15.3. The molecule has 0 spiro atoms. The van der Waals surface area contributed by atoms with Crippen LogP contribution in [-0.4, -0.2) is 39.3 Å². The summed E-state index contributed by atoms with van der Waals surface area (Å²) in [6.07, 6.45) is 5.92. The van der Waals surface area contributed by atoms with Crippen LogP contribution in [-0.2, 0) is 11.3 Å². The molecule has 3 unspecified atom stereocenters. The lowest BCUT2D eigenvalue weighted by Gasteiger charge is -2.24. The zero-order chi connectivity index (χ0) is 17.8. The number of fused-ring (bicyclic) bond motifs is 1. The SMILES string of the molecule is COc1cc(OC)c(CNC(=O)C2CC3CCCCC3N2)c(OC)c1. The van der Waals surface area contributed by atoms with Gasteiger partial charge in [-0.25, -0.2) is 0 Å². The summed E-state index contributed by atoms with van der Waals surface area (Å²) >= 11 is 0. The van der Waals surface area contributed by atoms with Crippen LogP contribution in [0.1, 0.15) is 37.7 Å². The monoisotopic (exact) mass is 348 g/mol. The van der Waals surface area contributed by atoms with Crippen LogP contribution in [0.5, 0.6) is 17.2 Å². The van der Waals surface area contributed by atoms with E-state index in [2.05, 4.69) is 10.6 Å². The number of benzene rings is 1. The topological polar surface area (TPSA) is 68.8 Å². The Morgan fingerprint density at radius 2 is 1.80 bits per heavy atom. The Morgan fingerprint density at radius 3 is 2.40 bits per heavy atom. The minimum atomic E-state index is -0.0941. The third-order valence-corrected chi connectivity index (χ3v) is 5.44. The predicted molar refractivity (Wildman–Crippen MR) is 95.2 cm³/mol. The van der Waals surface area contributed by atoms with Crippen LogP contribution in [0.15, 0.2) is 12.1 Å². The summed E-state index contributed by atoms with van der Waals surface area (Å²) in [4.78, 5) is 12.6. The van der Waals surface area contributed by atoms with Gasteiger partial charge in [0.15, 0.2) is 0 Å². The van der Waals surface area contributed by atoms with E-state index in [1.54, 1.807) is 33.5 Å². The predicted octanol–water partition coefficient (Wildman–Crippen LogP) is 2.25. The lowest BCUT2D eigenvalue weighted by molar-refractivity contribution is -0.123. The van der Waals surface area contributed by atoms with Crippen molar-refractivity contribution >= 4 is 5.91 Å². The Kier molecular flexibility index (Phi) is 5.68. The van der Waals surface area contributed by atoms with Crippen molar-refractivity contribution in [1.82, 2.24) is 10.6 Å². The van der Waals surface area contributed by atoms with E-state index in [1.165, 1.54) is 25.7 Å². The van der Waals surface area contributed by atoms with Gasteiger partial charge in [0.25, 0.3) is 0 Å². The quantitative estimate of drug-likeness (QED) is 0.825. The molecule has 0 aromatic heterocycles. The number of rotatable bonds is 6. The molecule has 3 atom stereocenters. The molecular weight excluding hydrogens is 320 g/mol. The van der Waals surface area contributed by atoms with Gasteiger partial charge < -0.3 is 24.8 Å². The molecule has 0 bridgehead atoms. The van der Waals surface area contributed by atoms with Gasteiger partial charge >= 0.3 is 0 Å². The fraction of sp³-hybridized carbons (Fsp3) is 0.632. The normalized spacial score (nSPS) is 25.2. The third-order valence-electron chi connectivity index (χ3n) is 5.44. The lowest BCUT2D eigenvalue weighted by Crippen LogP contribution is -2.42. The maximum absolute atomic E-state index is 12.6. The van der Waals surface area contributed by atoms with E-state index >= 15 is 0 Å². The van der Waals surface area contributed by atoms with Gasteiger partial charge in [0, 0.05) is 18.2 Å². The maximum atomic E-state index is 12.6. The number of carbonyl (C=O) groups excluding carboxylic acids is 1. The summed E-state index contributed by atoms with van der Waals surface area (Å²) in [6, 6.07) is 4.01. The van der Waals surface area contributed by atoms with Crippen LogP contribution in [0.3, 0.4) is 0 Å². The Balaban J connectivity index is 1.66. The van der Waals surface area contributed by atoms with Gasteiger partial charge in [-0.2, -0.15) is 0 Å². The molecule has 138 valence electrons. The number of carbonyl (C=O) groups is 1. The van der Waals surface area contributed by atoms with Crippen LogP contribution < -0.4 is 24.8 Å². The third kappa shape index (κ3) is 3.84. The molecule has 2 fully saturated rings. The highest BCUT2D eigenvalue weighted by molar-refractivity contribution is 5.82. The van der Waals surface area contributed by atoms with Crippen molar-refractivity contribution in [3.8, 4) is 17.2 Å². The molecule has 0 radical (unpaired) electrons. The molecule has 2 aliphatic rings. The van der Waals surface area contributed by atoms with Crippen molar-refractivity contribution in [3.63, 3.8) is 0 Å². The molecule has 1 aliphatic carbocycles. The van der Waals surface area contributed by atoms with Crippen molar-refractivity contribution in [1.29, 1.82) is 0 Å². The van der Waals surface area contributed by atoms with E-state index in [4.69, 9.17) is 14.2 Å². The maximum Gasteiger partial charge on any atom is 0.237 e. The summed E-state index contributed by atoms with van der Waals surface area (Å²) in [5, 5.41) is 6.55. The molecule has 6 nitrogen and oxygen atoms in total. The Morgan fingerprint density at radius 1 is 1.12 bits per heavy atom. The standard InChI is InChI=1S/C19H28N2O4/c1-23-13-9-17(24-2)14(18(10-13)25-3)11-20-19(22)16-8-12-6-4-5-7-15(12)21-16/h9-10,12,15-16,21H,4-8,11H2,1-3H3,(H,20,22). The first-order chi connectivity index (χ1) is 12.2. The average molecular weight is 348 g/mol. The van der Waals surface area contributed by atoms with Crippen molar-refractivity contribution in [3.05, 3.63) is 17.7 Å². The molecule has 1 aromatic rings. The second kappa shape index (κ2) is 7.95. The van der Waals surface area contributed by atoms with E-state index in [-0.39, 0.29) is 11.9 Å². The van der Waals surface area contributed by atoms with E-state index in [0.29, 0.717) is 35.8 Å². The highest BCUT2D eigenvalue weighted by Gasteiger charge is 2.38. The van der Waals surface area contributed by atoms with Gasteiger partial charge in [-0.3, -0.25) is 4.79 Å². The largest absolute Gasteiger partial charge is 0.496 e. The number of amides is 1. The first-order valence-corrected chi connectivity index (χ1v) is 8.99. The van der Waals surface area contributed by atoms with Crippen LogP contribution in [0, 0.1) is 5.92 Å². The van der Waals surface area contributed by atoms with Gasteiger partial charge in [0.1, 0.15) is 17.2 Å². The smallest absolute Gasteiger partial charge is 0.237 e. The molecule has 6 heteroatoms. The molecule has 1 aliphatic heterocycles. The number of hydrogen-bond donors (Lipinski definition) is 2. The summed E-state index contributed by atoms with van der Waals surface area (Å²) in [5.41, 5.74) is 0.814. The number of methoxy groups -OCH3 is 3. The van der Waals surface area contributed by atoms with Gasteiger partial charge in [-0.15, -0.1) is 0 Å². The van der Waals surface area contributed by atoms with E-state index < -0.39 is 0 Å². The number of ether oxygens (including phenoxy) is 3. The molecule has 1 amide bonds. The van der Waals surface area contributed by atoms with Gasteiger partial charge in [-0.05, 0) is 25.2 Å². The Bertz CT molecular complexity index is 580. The van der Waals surface area contributed by atoms with Crippen LogP contribution >= 0.6 is 0 Å². The number of hydrogen-bond acceptors (Lipinski definition) is 5. The van der Waals surface area contributed by atoms with Crippen molar-refractivity contribution in [2.45, 2.75) is 50.7 Å². The summed E-state index contributed by atoms with van der Waals surface area (Å²) < 4.78 is 16.1. The fourth-order valence-corrected chi connectivity index (χ4v) is 4.07. The number of nitrogens with one attached hydrogen (secondary N) is 2. The van der Waals surface area contributed by atoms with Crippen LogP contribution in [0.25, 0.3) is 0 Å². The Labute approximate surface area is 149 Å². The molecule has 25 heavy (non-hydrogen) atoms. The van der Waals surface area contributed by atoms with Crippen molar-refractivity contribution in [2.75, 3.05) is 21.3 Å². The molecule has 1 heterocycles. The molecule has 3 rings (SSSR count). The van der Waals surface area contributed by atoms with Gasteiger partial charge in [0.05, 0.1) is 39.5 Å². The second-order valence-electron chi connectivity index (χ2n) is 6.83. The highest BCUT2D eigenvalue weighted by Crippen LogP contribution is 2.35. The van der Waals surface area contributed by atoms with Gasteiger partial charge in [0.2, 0.25) is 5.91 Å². The molecular formula is C19H28N2O4. The molecule has 1 saturated carbocycles. The van der Waals surface area contributed by atoms with E-state index in [1.807, 2.05) is 0 Å². The molecule has 1 saturated heterocycles. The average Bonchev–Trinajstić information content (AvgIpc) is 3.09. The van der Waals surface area contributed by atoms with Crippen molar-refractivity contribution in [2.24, 2.45) is 5.92 Å². The van der Waals surface area contributed by atoms with Crippen molar-refractivity contribution < 1.29 is 19.0 Å².